The summed E-state index contributed by atoms with van der Waals surface area (Å²) in [7, 11) is 0. The van der Waals surface area contributed by atoms with Gasteiger partial charge in [0.2, 0.25) is 5.95 Å². The number of furan rings is 1. The predicted molar refractivity (Wildman–Crippen MR) is 118 cm³/mol. The number of aromatic nitrogens is 3. The molecule has 0 atom stereocenters. The largest absolute Gasteiger partial charge is 0.486 e. The van der Waals surface area contributed by atoms with Crippen LogP contribution in [0.2, 0.25) is 10.0 Å². The molecule has 0 aliphatic heterocycles. The minimum Gasteiger partial charge on any atom is -0.486 e. The molecule has 0 aliphatic rings. The molecule has 2 heterocycles. The van der Waals surface area contributed by atoms with Crippen LogP contribution in [0.5, 0.6) is 5.75 Å². The van der Waals surface area contributed by atoms with Crippen LogP contribution in [0, 0.1) is 6.92 Å². The Kier molecular flexibility index (Phi) is 6.25. The molecule has 4 aromatic rings. The van der Waals surface area contributed by atoms with Gasteiger partial charge in [0.05, 0.1) is 16.6 Å². The molecule has 0 unspecified atom stereocenters. The van der Waals surface area contributed by atoms with E-state index in [0.29, 0.717) is 22.4 Å². The van der Waals surface area contributed by atoms with Crippen molar-refractivity contribution in [3.8, 4) is 5.75 Å². The maximum absolute atomic E-state index is 12.4. The van der Waals surface area contributed by atoms with Crippen molar-refractivity contribution in [2.75, 3.05) is 5.32 Å². The molecular formula is C22H18Cl2N4O3. The lowest BCUT2D eigenvalue weighted by molar-refractivity contribution is 0.0991. The monoisotopic (exact) mass is 456 g/mol. The highest BCUT2D eigenvalue weighted by Gasteiger charge is 2.14. The highest BCUT2D eigenvalue weighted by Crippen LogP contribution is 2.23. The number of carbonyl (C=O) groups is 1. The van der Waals surface area contributed by atoms with Gasteiger partial charge in [0.25, 0.3) is 5.91 Å². The fourth-order valence-electron chi connectivity index (χ4n) is 2.85. The minimum absolute atomic E-state index is 0.142. The van der Waals surface area contributed by atoms with Gasteiger partial charge in [-0.15, -0.1) is 5.10 Å². The summed E-state index contributed by atoms with van der Waals surface area (Å²) in [5.41, 5.74) is 2.00. The number of hydrogen-bond acceptors (Lipinski definition) is 5. The molecule has 4 rings (SSSR count). The van der Waals surface area contributed by atoms with E-state index < -0.39 is 5.91 Å². The van der Waals surface area contributed by atoms with Gasteiger partial charge >= 0.3 is 0 Å². The number of benzene rings is 2. The second-order valence-electron chi connectivity index (χ2n) is 6.84. The van der Waals surface area contributed by atoms with Gasteiger partial charge in [-0.2, -0.15) is 0 Å². The smallest absolute Gasteiger partial charge is 0.293 e. The number of carbonyl (C=O) groups excluding carboxylic acids is 1. The minimum atomic E-state index is -0.450. The van der Waals surface area contributed by atoms with Gasteiger partial charge in [-0.25, -0.2) is 9.67 Å². The van der Waals surface area contributed by atoms with Crippen LogP contribution in [0.15, 0.2) is 65.3 Å². The predicted octanol–water partition coefficient (Wildman–Crippen LogP) is 5.37. The van der Waals surface area contributed by atoms with Crippen LogP contribution in [0.25, 0.3) is 0 Å². The first-order valence-electron chi connectivity index (χ1n) is 9.39. The first kappa shape index (κ1) is 21.0. The van der Waals surface area contributed by atoms with Crippen LogP contribution >= 0.6 is 23.2 Å². The van der Waals surface area contributed by atoms with Gasteiger partial charge in [0.15, 0.2) is 5.76 Å². The van der Waals surface area contributed by atoms with Crippen molar-refractivity contribution in [1.29, 1.82) is 0 Å². The lowest BCUT2D eigenvalue weighted by atomic mass is 10.2. The molecule has 0 bridgehead atoms. The molecule has 1 amide bonds. The van der Waals surface area contributed by atoms with E-state index in [1.807, 2.05) is 37.3 Å². The Morgan fingerprint density at radius 3 is 2.81 bits per heavy atom. The molecular weight excluding hydrogens is 439 g/mol. The maximum Gasteiger partial charge on any atom is 0.293 e. The van der Waals surface area contributed by atoms with Crippen molar-refractivity contribution >= 4 is 35.1 Å². The topological polar surface area (TPSA) is 82.2 Å². The van der Waals surface area contributed by atoms with Gasteiger partial charge < -0.3 is 9.15 Å². The van der Waals surface area contributed by atoms with E-state index in [9.17, 15) is 4.79 Å². The van der Waals surface area contributed by atoms with Crippen LogP contribution in [0.4, 0.5) is 5.95 Å². The summed E-state index contributed by atoms with van der Waals surface area (Å²) in [5.74, 6) is 1.13. The second-order valence-corrected chi connectivity index (χ2v) is 7.65. The molecule has 0 fully saturated rings. The Hall–Kier alpha value is -3.29. The standard InChI is InChI=1S/C22H18Cl2N4O3/c1-14-3-2-4-16(9-14)30-12-17-6-8-20(31-17)21(29)26-22-25-13-28(27-22)11-15-5-7-18(23)19(24)10-15/h2-10,13H,11-12H2,1H3,(H,26,27,29). The number of nitrogens with zero attached hydrogens (tertiary/aromatic N) is 3. The van der Waals surface area contributed by atoms with Crippen molar-refractivity contribution < 1.29 is 13.9 Å². The van der Waals surface area contributed by atoms with E-state index in [0.717, 1.165) is 16.9 Å². The number of rotatable bonds is 7. The molecule has 0 saturated heterocycles. The number of nitrogens with one attached hydrogen (secondary N) is 1. The molecule has 1 N–H and O–H groups in total. The van der Waals surface area contributed by atoms with E-state index in [2.05, 4.69) is 15.4 Å². The number of hydrogen-bond donors (Lipinski definition) is 1. The Bertz CT molecular complexity index is 1220. The fourth-order valence-corrected chi connectivity index (χ4v) is 3.17. The van der Waals surface area contributed by atoms with Crippen LogP contribution in [0.1, 0.15) is 27.4 Å². The molecule has 0 saturated carbocycles. The average Bonchev–Trinajstić information content (AvgIpc) is 3.39. The molecule has 2 aromatic carbocycles. The first-order valence-corrected chi connectivity index (χ1v) is 10.1. The third kappa shape index (κ3) is 5.45. The van der Waals surface area contributed by atoms with Crippen LogP contribution in [-0.2, 0) is 13.2 Å². The Morgan fingerprint density at radius 2 is 2.00 bits per heavy atom. The molecule has 0 radical (unpaired) electrons. The van der Waals surface area contributed by atoms with E-state index in [1.54, 1.807) is 28.9 Å². The van der Waals surface area contributed by atoms with Crippen molar-refractivity contribution in [2.24, 2.45) is 0 Å². The summed E-state index contributed by atoms with van der Waals surface area (Å²) in [6, 6.07) is 16.3. The summed E-state index contributed by atoms with van der Waals surface area (Å²) in [5, 5.41) is 7.81. The maximum atomic E-state index is 12.4. The summed E-state index contributed by atoms with van der Waals surface area (Å²) < 4.78 is 12.8. The second kappa shape index (κ2) is 9.24. The lowest BCUT2D eigenvalue weighted by Crippen LogP contribution is -2.12. The Morgan fingerprint density at radius 1 is 1.13 bits per heavy atom. The van der Waals surface area contributed by atoms with Crippen molar-refractivity contribution in [2.45, 2.75) is 20.1 Å². The summed E-state index contributed by atoms with van der Waals surface area (Å²) in [4.78, 5) is 16.5. The van der Waals surface area contributed by atoms with Gasteiger partial charge in [-0.1, -0.05) is 41.4 Å². The third-order valence-electron chi connectivity index (χ3n) is 4.35. The highest BCUT2D eigenvalue weighted by molar-refractivity contribution is 6.42. The molecule has 7 nitrogen and oxygen atoms in total. The van der Waals surface area contributed by atoms with Gasteiger partial charge in [0.1, 0.15) is 24.4 Å². The molecule has 9 heteroatoms. The van der Waals surface area contributed by atoms with Crippen LogP contribution < -0.4 is 10.1 Å². The number of amides is 1. The average molecular weight is 457 g/mol. The Balaban J connectivity index is 1.34. The number of ether oxygens (including phenoxy) is 1. The molecule has 0 spiro atoms. The zero-order valence-electron chi connectivity index (χ0n) is 16.5. The number of aryl methyl sites for hydroxylation is 1. The first-order chi connectivity index (χ1) is 15.0. The van der Waals surface area contributed by atoms with Crippen LogP contribution in [0.3, 0.4) is 0 Å². The fraction of sp³-hybridized carbons (Fsp3) is 0.136. The van der Waals surface area contributed by atoms with Crippen molar-refractivity contribution in [3.05, 3.63) is 93.6 Å². The molecule has 0 aliphatic carbocycles. The summed E-state index contributed by atoms with van der Waals surface area (Å²) in [6.45, 7) is 2.64. The van der Waals surface area contributed by atoms with Crippen LogP contribution in [-0.4, -0.2) is 20.7 Å². The Labute approximate surface area is 188 Å². The number of halogens is 2. The van der Waals surface area contributed by atoms with E-state index in [-0.39, 0.29) is 18.3 Å². The lowest BCUT2D eigenvalue weighted by Gasteiger charge is -2.04. The molecule has 158 valence electrons. The van der Waals surface area contributed by atoms with Crippen molar-refractivity contribution in [3.63, 3.8) is 0 Å². The van der Waals surface area contributed by atoms with Crippen molar-refractivity contribution in [1.82, 2.24) is 14.8 Å². The zero-order chi connectivity index (χ0) is 21.8. The zero-order valence-corrected chi connectivity index (χ0v) is 18.0. The molecule has 31 heavy (non-hydrogen) atoms. The van der Waals surface area contributed by atoms with Gasteiger partial charge in [-0.3, -0.25) is 10.1 Å². The normalized spacial score (nSPS) is 10.8. The summed E-state index contributed by atoms with van der Waals surface area (Å²) in [6.07, 6.45) is 1.52. The van der Waals surface area contributed by atoms with Gasteiger partial charge in [0, 0.05) is 0 Å². The quantitative estimate of drug-likeness (QED) is 0.404. The van der Waals surface area contributed by atoms with Gasteiger partial charge in [-0.05, 0) is 54.4 Å². The number of anilines is 1. The van der Waals surface area contributed by atoms with E-state index >= 15 is 0 Å². The highest BCUT2D eigenvalue weighted by atomic mass is 35.5. The van der Waals surface area contributed by atoms with E-state index in [1.165, 1.54) is 6.33 Å². The third-order valence-corrected chi connectivity index (χ3v) is 5.09. The molecule has 2 aromatic heterocycles. The SMILES string of the molecule is Cc1cccc(OCc2ccc(C(=O)Nc3ncn(Cc4ccc(Cl)c(Cl)c4)n3)o2)c1. The summed E-state index contributed by atoms with van der Waals surface area (Å²) >= 11 is 12.0. The van der Waals surface area contributed by atoms with E-state index in [4.69, 9.17) is 32.4 Å².